The molecule has 116 valence electrons. The highest BCUT2D eigenvalue weighted by Crippen LogP contribution is 2.38. The first-order valence-electron chi connectivity index (χ1n) is 8.89. The second-order valence-corrected chi connectivity index (χ2v) is 7.66. The van der Waals surface area contributed by atoms with Gasteiger partial charge in [-0.15, -0.1) is 0 Å². The summed E-state index contributed by atoms with van der Waals surface area (Å²) in [6.07, 6.45) is 5.82. The molecule has 0 amide bonds. The van der Waals surface area contributed by atoms with Crippen LogP contribution in [0.25, 0.3) is 0 Å². The van der Waals surface area contributed by atoms with Gasteiger partial charge in [-0.05, 0) is 56.5 Å². The fraction of sp³-hybridized carbons (Fsp3) is 1.00. The third-order valence-corrected chi connectivity index (χ3v) is 5.98. The number of nitrogens with zero attached hydrogens (tertiary/aromatic N) is 2. The maximum atomic E-state index is 3.45. The van der Waals surface area contributed by atoms with Crippen LogP contribution in [0.2, 0.25) is 0 Å². The number of rotatable bonds is 4. The summed E-state index contributed by atoms with van der Waals surface area (Å²) in [7, 11) is 0. The van der Waals surface area contributed by atoms with Crippen LogP contribution in [-0.4, -0.2) is 61.7 Å². The minimum absolute atomic E-state index is 0.900. The molecule has 1 N–H and O–H groups in total. The molecule has 0 radical (unpaired) electrons. The molecular weight excluding hydrogens is 246 g/mol. The summed E-state index contributed by atoms with van der Waals surface area (Å²) in [6.45, 7) is 13.8. The van der Waals surface area contributed by atoms with Gasteiger partial charge in [-0.1, -0.05) is 13.8 Å². The molecule has 2 heterocycles. The van der Waals surface area contributed by atoms with Crippen LogP contribution in [0.3, 0.4) is 0 Å². The molecule has 2 saturated heterocycles. The van der Waals surface area contributed by atoms with Gasteiger partial charge in [0.1, 0.15) is 0 Å². The van der Waals surface area contributed by atoms with Crippen molar-refractivity contribution in [2.75, 3.05) is 45.8 Å². The molecular formula is C17H33N3. The lowest BCUT2D eigenvalue weighted by Gasteiger charge is -2.47. The quantitative estimate of drug-likeness (QED) is 0.849. The Kier molecular flexibility index (Phi) is 5.00. The molecule has 3 heteroatoms. The maximum absolute atomic E-state index is 3.45. The second kappa shape index (κ2) is 6.76. The fourth-order valence-corrected chi connectivity index (χ4v) is 4.23. The first kappa shape index (κ1) is 14.8. The Morgan fingerprint density at radius 2 is 1.65 bits per heavy atom. The van der Waals surface area contributed by atoms with Crippen molar-refractivity contribution >= 4 is 0 Å². The van der Waals surface area contributed by atoms with E-state index in [1.165, 1.54) is 71.5 Å². The van der Waals surface area contributed by atoms with Crippen LogP contribution in [0.5, 0.6) is 0 Å². The van der Waals surface area contributed by atoms with Gasteiger partial charge in [0.25, 0.3) is 0 Å². The third-order valence-electron chi connectivity index (χ3n) is 5.98. The Hall–Kier alpha value is -0.120. The summed E-state index contributed by atoms with van der Waals surface area (Å²) >= 11 is 0. The highest BCUT2D eigenvalue weighted by Gasteiger charge is 2.36. The number of likely N-dealkylation sites (tertiary alicyclic amines) is 1. The Morgan fingerprint density at radius 3 is 2.25 bits per heavy atom. The number of hydrogen-bond donors (Lipinski definition) is 1. The Morgan fingerprint density at radius 1 is 1.00 bits per heavy atom. The predicted molar refractivity (Wildman–Crippen MR) is 85.0 cm³/mol. The van der Waals surface area contributed by atoms with Crippen molar-refractivity contribution in [1.29, 1.82) is 0 Å². The van der Waals surface area contributed by atoms with Crippen LogP contribution in [-0.2, 0) is 0 Å². The highest BCUT2D eigenvalue weighted by atomic mass is 15.2. The average Bonchev–Trinajstić information content (AvgIpc) is 2.40. The van der Waals surface area contributed by atoms with Crippen molar-refractivity contribution in [3.05, 3.63) is 0 Å². The summed E-state index contributed by atoms with van der Waals surface area (Å²) in [4.78, 5) is 5.47. The van der Waals surface area contributed by atoms with Crippen LogP contribution < -0.4 is 5.32 Å². The molecule has 3 nitrogen and oxygen atoms in total. The van der Waals surface area contributed by atoms with Gasteiger partial charge in [-0.3, -0.25) is 0 Å². The first-order chi connectivity index (χ1) is 9.72. The van der Waals surface area contributed by atoms with Gasteiger partial charge in [0.15, 0.2) is 0 Å². The lowest BCUT2D eigenvalue weighted by molar-refractivity contribution is 0.0259. The van der Waals surface area contributed by atoms with Crippen LogP contribution in [0.4, 0.5) is 0 Å². The van der Waals surface area contributed by atoms with E-state index < -0.39 is 0 Å². The van der Waals surface area contributed by atoms with Crippen molar-refractivity contribution in [3.63, 3.8) is 0 Å². The van der Waals surface area contributed by atoms with Crippen LogP contribution in [0.1, 0.15) is 39.5 Å². The van der Waals surface area contributed by atoms with Crippen LogP contribution in [0, 0.1) is 17.8 Å². The van der Waals surface area contributed by atoms with E-state index in [0.717, 1.165) is 23.8 Å². The normalized spacial score (nSPS) is 34.4. The molecule has 0 spiro atoms. The molecule has 0 aromatic rings. The molecule has 0 unspecified atom stereocenters. The third kappa shape index (κ3) is 3.55. The summed E-state index contributed by atoms with van der Waals surface area (Å²) in [5.74, 6) is 2.88. The zero-order valence-corrected chi connectivity index (χ0v) is 13.5. The zero-order valence-electron chi connectivity index (χ0n) is 13.5. The van der Waals surface area contributed by atoms with E-state index in [1.807, 2.05) is 0 Å². The van der Waals surface area contributed by atoms with E-state index in [-0.39, 0.29) is 0 Å². The molecule has 1 aliphatic carbocycles. The largest absolute Gasteiger partial charge is 0.314 e. The number of piperidine rings is 1. The summed E-state index contributed by atoms with van der Waals surface area (Å²) < 4.78 is 0. The fourth-order valence-electron chi connectivity index (χ4n) is 4.23. The van der Waals surface area contributed by atoms with E-state index in [2.05, 4.69) is 29.0 Å². The van der Waals surface area contributed by atoms with Gasteiger partial charge in [0.05, 0.1) is 0 Å². The Balaban J connectivity index is 1.35. The summed E-state index contributed by atoms with van der Waals surface area (Å²) in [5.41, 5.74) is 0. The van der Waals surface area contributed by atoms with Gasteiger partial charge < -0.3 is 15.1 Å². The first-order valence-corrected chi connectivity index (χ1v) is 8.89. The summed E-state index contributed by atoms with van der Waals surface area (Å²) in [5, 5.41) is 3.45. The van der Waals surface area contributed by atoms with Gasteiger partial charge in [-0.25, -0.2) is 0 Å². The predicted octanol–water partition coefficient (Wildman–Crippen LogP) is 2.04. The molecule has 2 aliphatic heterocycles. The molecule has 0 atom stereocenters. The number of nitrogens with one attached hydrogen (secondary N) is 1. The van der Waals surface area contributed by atoms with E-state index in [0.29, 0.717) is 0 Å². The SMILES string of the molecule is CC(C)[C@H]1C[C@@H](N2CCC(CN3CCNCC3)CC2)C1. The topological polar surface area (TPSA) is 18.5 Å². The highest BCUT2D eigenvalue weighted by molar-refractivity contribution is 4.90. The van der Waals surface area contributed by atoms with Crippen molar-refractivity contribution in [3.8, 4) is 0 Å². The van der Waals surface area contributed by atoms with Gasteiger partial charge in [0.2, 0.25) is 0 Å². The Labute approximate surface area is 125 Å². The molecule has 0 bridgehead atoms. The van der Waals surface area contributed by atoms with E-state index in [9.17, 15) is 0 Å². The summed E-state index contributed by atoms with van der Waals surface area (Å²) in [6, 6.07) is 0.933. The van der Waals surface area contributed by atoms with Crippen molar-refractivity contribution in [2.45, 2.75) is 45.6 Å². The minimum atomic E-state index is 0.900. The Bertz CT molecular complexity index is 285. The van der Waals surface area contributed by atoms with E-state index in [4.69, 9.17) is 0 Å². The number of hydrogen-bond acceptors (Lipinski definition) is 3. The maximum Gasteiger partial charge on any atom is 0.0107 e. The molecule has 3 fully saturated rings. The minimum Gasteiger partial charge on any atom is -0.314 e. The van der Waals surface area contributed by atoms with Crippen molar-refractivity contribution in [2.24, 2.45) is 17.8 Å². The smallest absolute Gasteiger partial charge is 0.0107 e. The average molecular weight is 279 g/mol. The molecule has 3 rings (SSSR count). The second-order valence-electron chi connectivity index (χ2n) is 7.66. The molecule has 0 aromatic carbocycles. The van der Waals surface area contributed by atoms with Crippen LogP contribution >= 0.6 is 0 Å². The molecule has 0 aromatic heterocycles. The zero-order chi connectivity index (χ0) is 13.9. The molecule has 20 heavy (non-hydrogen) atoms. The van der Waals surface area contributed by atoms with Gasteiger partial charge >= 0.3 is 0 Å². The lowest BCUT2D eigenvalue weighted by Crippen LogP contribution is -2.51. The van der Waals surface area contributed by atoms with Crippen molar-refractivity contribution < 1.29 is 0 Å². The standard InChI is InChI=1S/C17H33N3/c1-14(2)16-11-17(12-16)20-7-3-15(4-8-20)13-19-9-5-18-6-10-19/h14-18H,3-13H2,1-2H3/t16-,17+. The number of piperazine rings is 1. The lowest BCUT2D eigenvalue weighted by atomic mass is 9.72. The van der Waals surface area contributed by atoms with E-state index in [1.54, 1.807) is 0 Å². The molecule has 3 aliphatic rings. The monoisotopic (exact) mass is 279 g/mol. The van der Waals surface area contributed by atoms with E-state index >= 15 is 0 Å². The van der Waals surface area contributed by atoms with Gasteiger partial charge in [0, 0.05) is 38.8 Å². The van der Waals surface area contributed by atoms with Crippen LogP contribution in [0.15, 0.2) is 0 Å². The van der Waals surface area contributed by atoms with Gasteiger partial charge in [-0.2, -0.15) is 0 Å². The molecule has 1 saturated carbocycles. The van der Waals surface area contributed by atoms with Crippen molar-refractivity contribution in [1.82, 2.24) is 15.1 Å².